The maximum atomic E-state index is 5.47. The number of hydrogen-bond donors (Lipinski definition) is 2. The van der Waals surface area contributed by atoms with Gasteiger partial charge in [-0.3, -0.25) is 0 Å². The molecule has 1 fully saturated rings. The monoisotopic (exact) mass is 392 g/mol. The summed E-state index contributed by atoms with van der Waals surface area (Å²) in [6.45, 7) is 8.56. The lowest BCUT2D eigenvalue weighted by molar-refractivity contribution is 0.121. The van der Waals surface area contributed by atoms with Crippen molar-refractivity contribution in [3.05, 3.63) is 23.8 Å². The van der Waals surface area contributed by atoms with Gasteiger partial charge in [0.15, 0.2) is 5.96 Å². The first-order valence-electron chi connectivity index (χ1n) is 10.1. The molecule has 0 atom stereocenters. The SMILES string of the molecule is CCNC(=NCc1ccc(OC)cc1OC)NCC1CCN(CCOC)CC1. The molecular weight excluding hydrogens is 356 g/mol. The molecule has 1 aromatic carbocycles. The summed E-state index contributed by atoms with van der Waals surface area (Å²) in [5, 5.41) is 6.84. The van der Waals surface area contributed by atoms with Gasteiger partial charge in [-0.2, -0.15) is 0 Å². The topological polar surface area (TPSA) is 67.4 Å². The van der Waals surface area contributed by atoms with Crippen molar-refractivity contribution in [2.45, 2.75) is 26.3 Å². The fraction of sp³-hybridized carbons (Fsp3) is 0.667. The smallest absolute Gasteiger partial charge is 0.191 e. The van der Waals surface area contributed by atoms with Crippen LogP contribution in [0.2, 0.25) is 0 Å². The molecular formula is C21H36N4O3. The zero-order valence-electron chi connectivity index (χ0n) is 17.8. The van der Waals surface area contributed by atoms with Gasteiger partial charge in [-0.15, -0.1) is 0 Å². The van der Waals surface area contributed by atoms with Crippen molar-refractivity contribution in [1.82, 2.24) is 15.5 Å². The molecule has 0 unspecified atom stereocenters. The number of guanidine groups is 1. The molecule has 1 aromatic rings. The third kappa shape index (κ3) is 7.20. The highest BCUT2D eigenvalue weighted by molar-refractivity contribution is 5.79. The molecule has 2 rings (SSSR count). The summed E-state index contributed by atoms with van der Waals surface area (Å²) in [4.78, 5) is 7.22. The number of aliphatic imine (C=N–C) groups is 1. The molecule has 1 aliphatic rings. The second kappa shape index (κ2) is 12.5. The van der Waals surface area contributed by atoms with Gasteiger partial charge in [0.1, 0.15) is 11.5 Å². The van der Waals surface area contributed by atoms with E-state index in [0.717, 1.165) is 62.4 Å². The molecule has 28 heavy (non-hydrogen) atoms. The zero-order chi connectivity index (χ0) is 20.2. The first-order valence-corrected chi connectivity index (χ1v) is 10.1. The average molecular weight is 393 g/mol. The Morgan fingerprint density at radius 3 is 2.57 bits per heavy atom. The van der Waals surface area contributed by atoms with Crippen LogP contribution in [0, 0.1) is 5.92 Å². The van der Waals surface area contributed by atoms with E-state index in [9.17, 15) is 0 Å². The summed E-state index contributed by atoms with van der Waals surface area (Å²) in [5.41, 5.74) is 1.03. The molecule has 158 valence electrons. The predicted molar refractivity (Wildman–Crippen MR) is 113 cm³/mol. The van der Waals surface area contributed by atoms with Crippen molar-refractivity contribution < 1.29 is 14.2 Å². The minimum absolute atomic E-state index is 0.554. The quantitative estimate of drug-likeness (QED) is 0.470. The van der Waals surface area contributed by atoms with Gasteiger partial charge in [0.25, 0.3) is 0 Å². The summed E-state index contributed by atoms with van der Waals surface area (Å²) in [6.07, 6.45) is 2.42. The molecule has 7 nitrogen and oxygen atoms in total. The van der Waals surface area contributed by atoms with Crippen LogP contribution < -0.4 is 20.1 Å². The van der Waals surface area contributed by atoms with E-state index in [4.69, 9.17) is 19.2 Å². The number of benzene rings is 1. The van der Waals surface area contributed by atoms with Gasteiger partial charge in [0.2, 0.25) is 0 Å². The van der Waals surface area contributed by atoms with Crippen molar-refractivity contribution in [3.8, 4) is 11.5 Å². The highest BCUT2D eigenvalue weighted by Crippen LogP contribution is 2.25. The van der Waals surface area contributed by atoms with Gasteiger partial charge in [-0.25, -0.2) is 4.99 Å². The van der Waals surface area contributed by atoms with E-state index in [1.807, 2.05) is 18.2 Å². The van der Waals surface area contributed by atoms with Crippen LogP contribution in [0.25, 0.3) is 0 Å². The Kier molecular flexibility index (Phi) is 9.93. The van der Waals surface area contributed by atoms with Gasteiger partial charge in [0.05, 0.1) is 27.4 Å². The Bertz CT molecular complexity index is 601. The summed E-state index contributed by atoms with van der Waals surface area (Å²) >= 11 is 0. The van der Waals surface area contributed by atoms with Crippen LogP contribution in [0.15, 0.2) is 23.2 Å². The number of methoxy groups -OCH3 is 3. The van der Waals surface area contributed by atoms with Crippen molar-refractivity contribution in [1.29, 1.82) is 0 Å². The third-order valence-electron chi connectivity index (χ3n) is 5.12. The van der Waals surface area contributed by atoms with Crippen LogP contribution in [0.3, 0.4) is 0 Å². The number of hydrogen-bond acceptors (Lipinski definition) is 5. The Morgan fingerprint density at radius 2 is 1.93 bits per heavy atom. The number of ether oxygens (including phenoxy) is 3. The number of piperidine rings is 1. The Morgan fingerprint density at radius 1 is 1.14 bits per heavy atom. The highest BCUT2D eigenvalue weighted by Gasteiger charge is 2.19. The molecule has 0 radical (unpaired) electrons. The van der Waals surface area contributed by atoms with Gasteiger partial charge >= 0.3 is 0 Å². The van der Waals surface area contributed by atoms with Crippen LogP contribution in [0.5, 0.6) is 11.5 Å². The lowest BCUT2D eigenvalue weighted by atomic mass is 9.97. The van der Waals surface area contributed by atoms with Crippen LogP contribution in [0.1, 0.15) is 25.3 Å². The first kappa shape index (κ1) is 22.3. The van der Waals surface area contributed by atoms with E-state index in [0.29, 0.717) is 12.5 Å². The fourth-order valence-corrected chi connectivity index (χ4v) is 3.36. The van der Waals surface area contributed by atoms with Crippen LogP contribution >= 0.6 is 0 Å². The van der Waals surface area contributed by atoms with E-state index in [2.05, 4.69) is 22.5 Å². The molecule has 0 saturated carbocycles. The molecule has 1 aliphatic heterocycles. The summed E-state index contributed by atoms with van der Waals surface area (Å²) < 4.78 is 15.9. The van der Waals surface area contributed by atoms with E-state index in [1.54, 1.807) is 21.3 Å². The van der Waals surface area contributed by atoms with E-state index < -0.39 is 0 Å². The Labute approximate surface area is 169 Å². The number of nitrogens with one attached hydrogen (secondary N) is 2. The van der Waals surface area contributed by atoms with Gasteiger partial charge in [-0.1, -0.05) is 0 Å². The van der Waals surface area contributed by atoms with Crippen molar-refractivity contribution in [2.24, 2.45) is 10.9 Å². The number of likely N-dealkylation sites (tertiary alicyclic amines) is 1. The molecule has 0 aliphatic carbocycles. The molecule has 2 N–H and O–H groups in total. The first-order chi connectivity index (χ1) is 13.7. The molecule has 0 amide bonds. The predicted octanol–water partition coefficient (Wildman–Crippen LogP) is 2.12. The average Bonchev–Trinajstić information content (AvgIpc) is 2.74. The second-order valence-corrected chi connectivity index (χ2v) is 7.03. The van der Waals surface area contributed by atoms with Crippen LogP contribution in [-0.2, 0) is 11.3 Å². The molecule has 7 heteroatoms. The number of rotatable bonds is 10. The molecule has 0 bridgehead atoms. The zero-order valence-corrected chi connectivity index (χ0v) is 17.8. The van der Waals surface area contributed by atoms with E-state index in [1.165, 1.54) is 12.8 Å². The fourth-order valence-electron chi connectivity index (χ4n) is 3.36. The van der Waals surface area contributed by atoms with Gasteiger partial charge in [0, 0.05) is 38.4 Å². The maximum Gasteiger partial charge on any atom is 0.191 e. The van der Waals surface area contributed by atoms with Crippen molar-refractivity contribution >= 4 is 5.96 Å². The van der Waals surface area contributed by atoms with E-state index in [-0.39, 0.29) is 0 Å². The van der Waals surface area contributed by atoms with E-state index >= 15 is 0 Å². The summed E-state index contributed by atoms with van der Waals surface area (Å²) in [6, 6.07) is 5.83. The molecule has 1 heterocycles. The van der Waals surface area contributed by atoms with Crippen molar-refractivity contribution in [2.75, 3.05) is 60.7 Å². The lowest BCUT2D eigenvalue weighted by Crippen LogP contribution is -2.43. The standard InChI is InChI=1S/C21H36N4O3/c1-5-22-21(23-15-17-8-10-25(11-9-17)12-13-26-2)24-16-18-6-7-19(27-3)14-20(18)28-4/h6-7,14,17H,5,8-13,15-16H2,1-4H3,(H2,22,23,24). The summed E-state index contributed by atoms with van der Waals surface area (Å²) in [5.74, 6) is 3.11. The minimum Gasteiger partial charge on any atom is -0.497 e. The third-order valence-corrected chi connectivity index (χ3v) is 5.12. The van der Waals surface area contributed by atoms with Gasteiger partial charge < -0.3 is 29.7 Å². The molecule has 0 aromatic heterocycles. The highest BCUT2D eigenvalue weighted by atomic mass is 16.5. The van der Waals surface area contributed by atoms with Gasteiger partial charge in [-0.05, 0) is 50.9 Å². The summed E-state index contributed by atoms with van der Waals surface area (Å²) in [7, 11) is 5.09. The number of nitrogens with zero attached hydrogens (tertiary/aromatic N) is 2. The largest absolute Gasteiger partial charge is 0.497 e. The van der Waals surface area contributed by atoms with Crippen molar-refractivity contribution in [3.63, 3.8) is 0 Å². The Hall–Kier alpha value is -1.99. The molecule has 0 spiro atoms. The Balaban J connectivity index is 1.86. The normalized spacial score (nSPS) is 16.1. The van der Waals surface area contributed by atoms with Crippen LogP contribution in [0.4, 0.5) is 0 Å². The molecule has 1 saturated heterocycles. The maximum absolute atomic E-state index is 5.47. The second-order valence-electron chi connectivity index (χ2n) is 7.03. The lowest BCUT2D eigenvalue weighted by Gasteiger charge is -2.32. The minimum atomic E-state index is 0.554. The van der Waals surface area contributed by atoms with Crippen LogP contribution in [-0.4, -0.2) is 71.5 Å².